The Morgan fingerprint density at radius 3 is 2.38 bits per heavy atom. The van der Waals surface area contributed by atoms with Gasteiger partial charge in [-0.3, -0.25) is 9.59 Å². The van der Waals surface area contributed by atoms with Gasteiger partial charge in [-0.1, -0.05) is 18.7 Å². The lowest BCUT2D eigenvalue weighted by Gasteiger charge is -2.26. The zero-order valence-electron chi connectivity index (χ0n) is 12.8. The number of hydrogen-bond acceptors (Lipinski definition) is 5. The molecule has 0 aliphatic carbocycles. The maximum Gasteiger partial charge on any atom is 0.323 e. The first kappa shape index (κ1) is 17.4. The van der Waals surface area contributed by atoms with Gasteiger partial charge in [0.05, 0.1) is 5.75 Å². The second-order valence-electron chi connectivity index (χ2n) is 4.89. The fraction of sp³-hybridized carbons (Fsp3) is 0.571. The van der Waals surface area contributed by atoms with Crippen LogP contribution in [-0.4, -0.2) is 50.2 Å². The lowest BCUT2D eigenvalue weighted by atomic mass is 10.2. The third-order valence-corrected chi connectivity index (χ3v) is 3.87. The molecule has 1 rings (SSSR count). The molecule has 0 aliphatic heterocycles. The fourth-order valence-corrected chi connectivity index (χ4v) is 2.66. The van der Waals surface area contributed by atoms with Crippen LogP contribution in [0.3, 0.4) is 0 Å². The van der Waals surface area contributed by atoms with E-state index in [4.69, 9.17) is 5.11 Å². The third-order valence-electron chi connectivity index (χ3n) is 3.04. The van der Waals surface area contributed by atoms with E-state index in [0.717, 1.165) is 11.4 Å². The number of aryl methyl sites for hydroxylation is 2. The molecule has 116 valence electrons. The molecule has 0 saturated carbocycles. The molecular weight excluding hydrogens is 290 g/mol. The molecule has 0 aliphatic rings. The van der Waals surface area contributed by atoms with Crippen molar-refractivity contribution in [1.82, 2.24) is 14.9 Å². The molecule has 0 radical (unpaired) electrons. The summed E-state index contributed by atoms with van der Waals surface area (Å²) < 4.78 is 0. The summed E-state index contributed by atoms with van der Waals surface area (Å²) in [5, 5.41) is 9.45. The van der Waals surface area contributed by atoms with Crippen LogP contribution in [-0.2, 0) is 9.59 Å². The first-order valence-electron chi connectivity index (χ1n) is 6.79. The molecule has 1 N–H and O–H groups in total. The van der Waals surface area contributed by atoms with Gasteiger partial charge in [0.2, 0.25) is 5.91 Å². The van der Waals surface area contributed by atoms with Crippen LogP contribution in [0.2, 0.25) is 0 Å². The molecule has 0 saturated heterocycles. The van der Waals surface area contributed by atoms with Crippen molar-refractivity contribution in [2.45, 2.75) is 45.3 Å². The molecule has 1 atom stereocenters. The van der Waals surface area contributed by atoms with E-state index >= 15 is 0 Å². The van der Waals surface area contributed by atoms with Gasteiger partial charge in [-0.2, -0.15) is 0 Å². The lowest BCUT2D eigenvalue weighted by molar-refractivity contribution is -0.144. The Morgan fingerprint density at radius 2 is 1.90 bits per heavy atom. The van der Waals surface area contributed by atoms with E-state index < -0.39 is 5.97 Å². The standard InChI is InChI=1S/C14H21N3O3S/c1-5-11(4)17(7-13(19)20)12(18)8-21-14-15-9(2)6-10(3)16-14/h6,11H,5,7-8H2,1-4H3,(H,19,20). The monoisotopic (exact) mass is 311 g/mol. The van der Waals surface area contributed by atoms with E-state index in [1.54, 1.807) is 0 Å². The number of amides is 1. The number of rotatable bonds is 7. The van der Waals surface area contributed by atoms with Gasteiger partial charge in [-0.15, -0.1) is 0 Å². The van der Waals surface area contributed by atoms with Gasteiger partial charge in [-0.25, -0.2) is 9.97 Å². The summed E-state index contributed by atoms with van der Waals surface area (Å²) >= 11 is 1.23. The Bertz CT molecular complexity index is 502. The summed E-state index contributed by atoms with van der Waals surface area (Å²) in [4.78, 5) is 33.0. The summed E-state index contributed by atoms with van der Waals surface area (Å²) in [7, 11) is 0. The maximum atomic E-state index is 12.2. The number of carbonyl (C=O) groups excluding carboxylic acids is 1. The van der Waals surface area contributed by atoms with Crippen LogP contribution < -0.4 is 0 Å². The molecule has 6 nitrogen and oxygen atoms in total. The minimum absolute atomic E-state index is 0.102. The SMILES string of the molecule is CCC(C)N(CC(=O)O)C(=O)CSc1nc(C)cc(C)n1. The molecule has 0 bridgehead atoms. The van der Waals surface area contributed by atoms with Gasteiger partial charge in [0.1, 0.15) is 6.54 Å². The largest absolute Gasteiger partial charge is 0.480 e. The molecule has 1 heterocycles. The fourth-order valence-electron chi connectivity index (χ4n) is 1.82. The van der Waals surface area contributed by atoms with E-state index in [1.165, 1.54) is 16.7 Å². The van der Waals surface area contributed by atoms with Crippen LogP contribution in [0.15, 0.2) is 11.2 Å². The Kier molecular flexibility index (Phi) is 6.61. The topological polar surface area (TPSA) is 83.4 Å². The highest BCUT2D eigenvalue weighted by Gasteiger charge is 2.21. The number of carboxylic acids is 1. The van der Waals surface area contributed by atoms with E-state index in [-0.39, 0.29) is 24.2 Å². The van der Waals surface area contributed by atoms with E-state index in [9.17, 15) is 9.59 Å². The first-order valence-corrected chi connectivity index (χ1v) is 7.78. The number of hydrogen-bond donors (Lipinski definition) is 1. The molecule has 0 spiro atoms. The normalized spacial score (nSPS) is 12.0. The molecule has 1 unspecified atom stereocenters. The van der Waals surface area contributed by atoms with Crippen LogP contribution in [0.1, 0.15) is 31.7 Å². The van der Waals surface area contributed by atoms with Crippen LogP contribution >= 0.6 is 11.8 Å². The molecular formula is C14H21N3O3S. The second-order valence-corrected chi connectivity index (χ2v) is 5.84. The quantitative estimate of drug-likeness (QED) is 0.611. The van der Waals surface area contributed by atoms with Crippen molar-refractivity contribution in [2.24, 2.45) is 0 Å². The minimum atomic E-state index is -1.00. The van der Waals surface area contributed by atoms with E-state index in [1.807, 2.05) is 33.8 Å². The van der Waals surface area contributed by atoms with Crippen molar-refractivity contribution in [1.29, 1.82) is 0 Å². The van der Waals surface area contributed by atoms with Crippen molar-refractivity contribution in [3.05, 3.63) is 17.5 Å². The lowest BCUT2D eigenvalue weighted by Crippen LogP contribution is -2.42. The smallest absolute Gasteiger partial charge is 0.323 e. The summed E-state index contributed by atoms with van der Waals surface area (Å²) in [6.45, 7) is 7.24. The van der Waals surface area contributed by atoms with Gasteiger partial charge in [-0.05, 0) is 33.3 Å². The Labute approximate surface area is 129 Å². The Morgan fingerprint density at radius 1 is 1.33 bits per heavy atom. The van der Waals surface area contributed by atoms with Crippen LogP contribution in [0.5, 0.6) is 0 Å². The highest BCUT2D eigenvalue weighted by atomic mass is 32.2. The van der Waals surface area contributed by atoms with Crippen molar-refractivity contribution in [3.8, 4) is 0 Å². The zero-order valence-corrected chi connectivity index (χ0v) is 13.6. The van der Waals surface area contributed by atoms with Gasteiger partial charge in [0, 0.05) is 17.4 Å². The highest BCUT2D eigenvalue weighted by Crippen LogP contribution is 2.16. The molecule has 0 fully saturated rings. The Hall–Kier alpha value is -1.63. The van der Waals surface area contributed by atoms with Gasteiger partial charge < -0.3 is 10.0 Å². The summed E-state index contributed by atoms with van der Waals surface area (Å²) in [6, 6.07) is 1.76. The molecule has 1 aromatic heterocycles. The number of aliphatic carboxylic acids is 1. The van der Waals surface area contributed by atoms with Crippen molar-refractivity contribution < 1.29 is 14.7 Å². The van der Waals surface area contributed by atoms with Crippen LogP contribution in [0, 0.1) is 13.8 Å². The summed E-state index contributed by atoms with van der Waals surface area (Å²) in [6.07, 6.45) is 0.712. The van der Waals surface area contributed by atoms with Gasteiger partial charge >= 0.3 is 5.97 Å². The molecule has 1 amide bonds. The minimum Gasteiger partial charge on any atom is -0.480 e. The predicted octanol–water partition coefficient (Wildman–Crippen LogP) is 1.90. The average Bonchev–Trinajstić information content (AvgIpc) is 2.40. The average molecular weight is 311 g/mol. The van der Waals surface area contributed by atoms with Crippen LogP contribution in [0.25, 0.3) is 0 Å². The number of nitrogens with zero attached hydrogens (tertiary/aromatic N) is 3. The second kappa shape index (κ2) is 7.97. The van der Waals surface area contributed by atoms with Crippen LogP contribution in [0.4, 0.5) is 0 Å². The summed E-state index contributed by atoms with van der Waals surface area (Å²) in [5.41, 5.74) is 1.70. The number of carboxylic acid groups (broad SMARTS) is 1. The molecule has 21 heavy (non-hydrogen) atoms. The molecule has 1 aromatic rings. The van der Waals surface area contributed by atoms with Crippen molar-refractivity contribution in [3.63, 3.8) is 0 Å². The maximum absolute atomic E-state index is 12.2. The first-order chi connectivity index (χ1) is 9.83. The van der Waals surface area contributed by atoms with Gasteiger partial charge in [0.25, 0.3) is 0 Å². The number of carbonyl (C=O) groups is 2. The van der Waals surface area contributed by atoms with Crippen molar-refractivity contribution >= 4 is 23.6 Å². The predicted molar refractivity (Wildman–Crippen MR) is 81.3 cm³/mol. The summed E-state index contributed by atoms with van der Waals surface area (Å²) in [5.74, 6) is -1.07. The zero-order chi connectivity index (χ0) is 16.0. The molecule has 0 aromatic carbocycles. The van der Waals surface area contributed by atoms with Gasteiger partial charge in [0.15, 0.2) is 5.16 Å². The van der Waals surface area contributed by atoms with E-state index in [0.29, 0.717) is 11.6 Å². The number of thioether (sulfide) groups is 1. The van der Waals surface area contributed by atoms with Crippen molar-refractivity contribution in [2.75, 3.05) is 12.3 Å². The third kappa shape index (κ3) is 5.71. The Balaban J connectivity index is 2.70. The highest BCUT2D eigenvalue weighted by molar-refractivity contribution is 7.99. The van der Waals surface area contributed by atoms with E-state index in [2.05, 4.69) is 9.97 Å². The molecule has 7 heteroatoms. The number of aromatic nitrogens is 2.